The van der Waals surface area contributed by atoms with Crippen LogP contribution in [0.3, 0.4) is 0 Å². The Hall–Kier alpha value is -3.07. The molecule has 0 saturated heterocycles. The lowest BCUT2D eigenvalue weighted by molar-refractivity contribution is -0.123. The molecule has 1 heterocycles. The summed E-state index contributed by atoms with van der Waals surface area (Å²) in [5, 5.41) is 6.77. The highest BCUT2D eigenvalue weighted by atomic mass is 32.1. The van der Waals surface area contributed by atoms with Gasteiger partial charge in [-0.1, -0.05) is 6.07 Å². The SMILES string of the molecule is CNC(=O)COC(=O)c1cc(OC)c(OC)cc1NC(=O)c1cccs1. The van der Waals surface area contributed by atoms with Gasteiger partial charge in [0.15, 0.2) is 18.1 Å². The maximum atomic E-state index is 12.4. The third-order valence-electron chi connectivity index (χ3n) is 3.35. The van der Waals surface area contributed by atoms with Gasteiger partial charge >= 0.3 is 5.97 Å². The predicted molar refractivity (Wildman–Crippen MR) is 96.2 cm³/mol. The number of carbonyl (C=O) groups excluding carboxylic acids is 3. The zero-order valence-corrected chi connectivity index (χ0v) is 15.3. The standard InChI is InChI=1S/C17H18N2O6S/c1-18-15(20)9-25-17(22)10-7-12(23-2)13(24-3)8-11(10)19-16(21)14-5-4-6-26-14/h4-8H,9H2,1-3H3,(H,18,20)(H,19,21). The van der Waals surface area contributed by atoms with E-state index in [2.05, 4.69) is 10.6 Å². The predicted octanol–water partition coefficient (Wildman–Crippen LogP) is 1.92. The van der Waals surface area contributed by atoms with Gasteiger partial charge in [-0.05, 0) is 11.4 Å². The molecule has 0 unspecified atom stereocenters. The van der Waals surface area contributed by atoms with Crippen molar-refractivity contribution in [1.29, 1.82) is 0 Å². The Kier molecular flexibility index (Phi) is 6.56. The van der Waals surface area contributed by atoms with Crippen molar-refractivity contribution in [3.63, 3.8) is 0 Å². The van der Waals surface area contributed by atoms with Crippen LogP contribution < -0.4 is 20.1 Å². The summed E-state index contributed by atoms with van der Waals surface area (Å²) in [4.78, 5) is 36.5. The molecule has 0 saturated carbocycles. The second-order valence-corrected chi connectivity index (χ2v) is 5.88. The number of anilines is 1. The third-order valence-corrected chi connectivity index (χ3v) is 4.22. The van der Waals surface area contributed by atoms with E-state index < -0.39 is 18.5 Å². The van der Waals surface area contributed by atoms with Gasteiger partial charge in [0.05, 0.1) is 30.3 Å². The fourth-order valence-corrected chi connectivity index (χ4v) is 2.64. The number of hydrogen-bond donors (Lipinski definition) is 2. The summed E-state index contributed by atoms with van der Waals surface area (Å²) in [5.41, 5.74) is 0.222. The van der Waals surface area contributed by atoms with Crippen molar-refractivity contribution in [2.24, 2.45) is 0 Å². The Morgan fingerprint density at radius 1 is 1.12 bits per heavy atom. The Balaban J connectivity index is 2.35. The Labute approximate surface area is 154 Å². The van der Waals surface area contributed by atoms with Gasteiger partial charge < -0.3 is 24.8 Å². The molecular weight excluding hydrogens is 360 g/mol. The van der Waals surface area contributed by atoms with Crippen LogP contribution in [0.4, 0.5) is 5.69 Å². The number of ether oxygens (including phenoxy) is 3. The van der Waals surface area contributed by atoms with E-state index in [4.69, 9.17) is 14.2 Å². The Morgan fingerprint density at radius 3 is 2.38 bits per heavy atom. The van der Waals surface area contributed by atoms with Crippen molar-refractivity contribution < 1.29 is 28.6 Å². The summed E-state index contributed by atoms with van der Waals surface area (Å²) in [6.45, 7) is -0.442. The van der Waals surface area contributed by atoms with Crippen LogP contribution in [0.5, 0.6) is 11.5 Å². The van der Waals surface area contributed by atoms with Crippen molar-refractivity contribution in [1.82, 2.24) is 5.32 Å². The summed E-state index contributed by atoms with van der Waals surface area (Å²) in [5.74, 6) is -1.00. The zero-order valence-electron chi connectivity index (χ0n) is 14.5. The molecule has 9 heteroatoms. The number of esters is 1. The van der Waals surface area contributed by atoms with Gasteiger partial charge in [-0.15, -0.1) is 11.3 Å². The van der Waals surface area contributed by atoms with E-state index in [1.54, 1.807) is 17.5 Å². The van der Waals surface area contributed by atoms with Crippen LogP contribution in [0.15, 0.2) is 29.6 Å². The molecule has 2 aromatic rings. The van der Waals surface area contributed by atoms with Crippen molar-refractivity contribution in [3.8, 4) is 11.5 Å². The fraction of sp³-hybridized carbons (Fsp3) is 0.235. The maximum absolute atomic E-state index is 12.4. The molecule has 1 aromatic carbocycles. The first kappa shape index (κ1) is 19.3. The van der Waals surface area contributed by atoms with Crippen LogP contribution in [-0.4, -0.2) is 45.7 Å². The Bertz CT molecular complexity index is 804. The summed E-state index contributed by atoms with van der Waals surface area (Å²) in [6, 6.07) is 6.24. The van der Waals surface area contributed by atoms with Crippen LogP contribution in [0.1, 0.15) is 20.0 Å². The molecule has 0 fully saturated rings. The van der Waals surface area contributed by atoms with E-state index in [0.717, 1.165) is 0 Å². The smallest absolute Gasteiger partial charge is 0.340 e. The number of likely N-dealkylation sites (N-methyl/N-ethyl adjacent to an activating group) is 1. The molecule has 0 bridgehead atoms. The number of benzene rings is 1. The van der Waals surface area contributed by atoms with E-state index in [0.29, 0.717) is 10.6 Å². The number of amides is 2. The first-order valence-corrected chi connectivity index (χ1v) is 8.36. The topological polar surface area (TPSA) is 103 Å². The highest BCUT2D eigenvalue weighted by molar-refractivity contribution is 7.12. The van der Waals surface area contributed by atoms with Crippen molar-refractivity contribution in [2.45, 2.75) is 0 Å². The number of thiophene rings is 1. The molecule has 138 valence electrons. The van der Waals surface area contributed by atoms with Crippen LogP contribution in [0.25, 0.3) is 0 Å². The minimum atomic E-state index is -0.781. The lowest BCUT2D eigenvalue weighted by atomic mass is 10.1. The van der Waals surface area contributed by atoms with Crippen LogP contribution in [-0.2, 0) is 9.53 Å². The normalized spacial score (nSPS) is 9.96. The highest BCUT2D eigenvalue weighted by Crippen LogP contribution is 2.34. The van der Waals surface area contributed by atoms with E-state index >= 15 is 0 Å². The number of hydrogen-bond acceptors (Lipinski definition) is 7. The second-order valence-electron chi connectivity index (χ2n) is 4.93. The molecule has 2 amide bonds. The van der Waals surface area contributed by atoms with Gasteiger partial charge in [-0.3, -0.25) is 9.59 Å². The lowest BCUT2D eigenvalue weighted by Gasteiger charge is -2.15. The minimum absolute atomic E-state index is 0.0384. The van der Waals surface area contributed by atoms with Gasteiger partial charge in [0.2, 0.25) is 0 Å². The molecule has 0 atom stereocenters. The monoisotopic (exact) mass is 378 g/mol. The Morgan fingerprint density at radius 2 is 1.81 bits per heavy atom. The van der Waals surface area contributed by atoms with Crippen LogP contribution in [0, 0.1) is 0 Å². The quantitative estimate of drug-likeness (QED) is 0.714. The summed E-state index contributed by atoms with van der Waals surface area (Å²) < 4.78 is 15.4. The van der Waals surface area contributed by atoms with Crippen molar-refractivity contribution in [3.05, 3.63) is 40.1 Å². The average molecular weight is 378 g/mol. The third kappa shape index (κ3) is 4.51. The molecule has 0 radical (unpaired) electrons. The minimum Gasteiger partial charge on any atom is -0.493 e. The van der Waals surface area contributed by atoms with Gasteiger partial charge in [0, 0.05) is 19.2 Å². The van der Waals surface area contributed by atoms with Crippen LogP contribution >= 0.6 is 11.3 Å². The molecule has 1 aromatic heterocycles. The molecular formula is C17H18N2O6S. The van der Waals surface area contributed by atoms with Gasteiger partial charge in [0.1, 0.15) is 0 Å². The molecule has 2 rings (SSSR count). The van der Waals surface area contributed by atoms with Crippen molar-refractivity contribution >= 4 is 34.8 Å². The van der Waals surface area contributed by atoms with Gasteiger partial charge in [-0.25, -0.2) is 4.79 Å². The molecule has 0 aliphatic rings. The fourth-order valence-electron chi connectivity index (χ4n) is 2.02. The summed E-state index contributed by atoms with van der Waals surface area (Å²) in [7, 11) is 4.28. The summed E-state index contributed by atoms with van der Waals surface area (Å²) in [6.07, 6.45) is 0. The lowest BCUT2D eigenvalue weighted by Crippen LogP contribution is -2.25. The molecule has 8 nitrogen and oxygen atoms in total. The zero-order chi connectivity index (χ0) is 19.1. The van der Waals surface area contributed by atoms with Gasteiger partial charge in [0.25, 0.3) is 11.8 Å². The van der Waals surface area contributed by atoms with Crippen LogP contribution in [0.2, 0.25) is 0 Å². The summed E-state index contributed by atoms with van der Waals surface area (Å²) >= 11 is 1.26. The van der Waals surface area contributed by atoms with E-state index in [9.17, 15) is 14.4 Å². The number of nitrogens with one attached hydrogen (secondary N) is 2. The van der Waals surface area contributed by atoms with E-state index in [1.165, 1.54) is 44.7 Å². The number of rotatable bonds is 7. The first-order valence-electron chi connectivity index (χ1n) is 7.48. The first-order chi connectivity index (χ1) is 12.5. The van der Waals surface area contributed by atoms with E-state index in [1.807, 2.05) is 0 Å². The molecule has 26 heavy (non-hydrogen) atoms. The molecule has 0 aliphatic heterocycles. The van der Waals surface area contributed by atoms with E-state index in [-0.39, 0.29) is 22.9 Å². The molecule has 2 N–H and O–H groups in total. The molecule has 0 spiro atoms. The highest BCUT2D eigenvalue weighted by Gasteiger charge is 2.21. The van der Waals surface area contributed by atoms with Gasteiger partial charge in [-0.2, -0.15) is 0 Å². The largest absolute Gasteiger partial charge is 0.493 e. The molecule has 0 aliphatic carbocycles. The number of methoxy groups -OCH3 is 2. The maximum Gasteiger partial charge on any atom is 0.340 e. The second kappa shape index (κ2) is 8.86. The van der Waals surface area contributed by atoms with Crippen molar-refractivity contribution in [2.75, 3.05) is 33.2 Å². The number of carbonyl (C=O) groups is 3. The average Bonchev–Trinajstić information content (AvgIpc) is 3.20.